The van der Waals surface area contributed by atoms with E-state index in [0.29, 0.717) is 6.54 Å². The molecule has 0 saturated carbocycles. The van der Waals surface area contributed by atoms with E-state index in [1.165, 1.54) is 12.1 Å². The van der Waals surface area contributed by atoms with E-state index in [2.05, 4.69) is 36.4 Å². The summed E-state index contributed by atoms with van der Waals surface area (Å²) in [7, 11) is 0. The first-order chi connectivity index (χ1) is 13.2. The second-order valence-electron chi connectivity index (χ2n) is 6.09. The van der Waals surface area contributed by atoms with Crippen LogP contribution in [-0.2, 0) is 6.54 Å². The van der Waals surface area contributed by atoms with E-state index in [1.807, 2.05) is 54.6 Å². The van der Waals surface area contributed by atoms with Crippen LogP contribution in [0, 0.1) is 5.82 Å². The van der Waals surface area contributed by atoms with Crippen LogP contribution in [0.5, 0.6) is 0 Å². The Kier molecular flexibility index (Phi) is 4.98. The van der Waals surface area contributed by atoms with Crippen molar-refractivity contribution in [3.05, 3.63) is 88.0 Å². The van der Waals surface area contributed by atoms with E-state index in [0.717, 1.165) is 38.0 Å². The van der Waals surface area contributed by atoms with E-state index >= 15 is 0 Å². The van der Waals surface area contributed by atoms with Crippen LogP contribution in [0.2, 0.25) is 0 Å². The molecule has 0 bridgehead atoms. The maximum absolute atomic E-state index is 13.5. The smallest absolute Gasteiger partial charge is 0.124 e. The highest BCUT2D eigenvalue weighted by Gasteiger charge is 2.05. The molecule has 6 heteroatoms. The monoisotopic (exact) mass is 422 g/mol. The average molecular weight is 423 g/mol. The zero-order valence-corrected chi connectivity index (χ0v) is 15.9. The molecule has 0 spiro atoms. The summed E-state index contributed by atoms with van der Waals surface area (Å²) in [6.45, 7) is 0.527. The van der Waals surface area contributed by atoms with Gasteiger partial charge in [0.05, 0.1) is 16.9 Å². The van der Waals surface area contributed by atoms with Gasteiger partial charge in [0, 0.05) is 28.3 Å². The maximum atomic E-state index is 13.5. The largest absolute Gasteiger partial charge is 0.381 e. The van der Waals surface area contributed by atoms with Gasteiger partial charge in [0.15, 0.2) is 0 Å². The first kappa shape index (κ1) is 17.4. The van der Waals surface area contributed by atoms with Gasteiger partial charge in [-0.25, -0.2) is 4.39 Å². The standard InChI is InChI=1S/C21H16BrFN4/c22-15-9-14(10-16(23)11-15)13-25-18-5-7-21-19(12-18)20(26-27-21)6-4-17-3-1-2-8-24-17/h1-12,25H,13H2,(H,26,27)/b6-4+. The number of rotatable bonds is 5. The predicted octanol–water partition coefficient (Wildman–Crippen LogP) is 5.64. The molecule has 0 radical (unpaired) electrons. The molecule has 0 aliphatic heterocycles. The Morgan fingerprint density at radius 1 is 1.07 bits per heavy atom. The van der Waals surface area contributed by atoms with Gasteiger partial charge in [-0.05, 0) is 66.2 Å². The predicted molar refractivity (Wildman–Crippen MR) is 111 cm³/mol. The Labute approximate surface area is 164 Å². The van der Waals surface area contributed by atoms with Crippen molar-refractivity contribution in [2.45, 2.75) is 6.54 Å². The lowest BCUT2D eigenvalue weighted by atomic mass is 10.1. The highest BCUT2D eigenvalue weighted by molar-refractivity contribution is 9.10. The fourth-order valence-electron chi connectivity index (χ4n) is 2.83. The van der Waals surface area contributed by atoms with Crippen molar-refractivity contribution in [3.63, 3.8) is 0 Å². The van der Waals surface area contributed by atoms with E-state index in [4.69, 9.17) is 0 Å². The topological polar surface area (TPSA) is 53.6 Å². The van der Waals surface area contributed by atoms with E-state index in [9.17, 15) is 4.39 Å². The minimum Gasteiger partial charge on any atom is -0.381 e. The Morgan fingerprint density at radius 2 is 2.00 bits per heavy atom. The molecule has 0 fully saturated rings. The second-order valence-corrected chi connectivity index (χ2v) is 7.00. The van der Waals surface area contributed by atoms with Gasteiger partial charge in [-0.15, -0.1) is 0 Å². The molecule has 27 heavy (non-hydrogen) atoms. The molecule has 2 aromatic heterocycles. The first-order valence-electron chi connectivity index (χ1n) is 8.43. The number of fused-ring (bicyclic) bond motifs is 1. The number of halogens is 2. The molecule has 0 aliphatic rings. The lowest BCUT2D eigenvalue weighted by Gasteiger charge is -2.07. The van der Waals surface area contributed by atoms with Gasteiger partial charge in [-0.3, -0.25) is 10.1 Å². The third-order valence-corrected chi connectivity index (χ3v) is 4.57. The summed E-state index contributed by atoms with van der Waals surface area (Å²) >= 11 is 3.32. The first-order valence-corrected chi connectivity index (χ1v) is 9.23. The summed E-state index contributed by atoms with van der Waals surface area (Å²) in [5.74, 6) is -0.256. The second kappa shape index (κ2) is 7.72. The van der Waals surface area contributed by atoms with Gasteiger partial charge >= 0.3 is 0 Å². The molecule has 2 heterocycles. The lowest BCUT2D eigenvalue weighted by Crippen LogP contribution is -1.99. The number of hydrogen-bond donors (Lipinski definition) is 2. The third kappa shape index (κ3) is 4.23. The SMILES string of the molecule is Fc1cc(Br)cc(CNc2ccc3[nH]nc(/C=C/c4ccccn4)c3c2)c1. The summed E-state index contributed by atoms with van der Waals surface area (Å²) in [6, 6.07) is 16.6. The van der Waals surface area contributed by atoms with Crippen molar-refractivity contribution in [2.24, 2.45) is 0 Å². The molecule has 4 nitrogen and oxygen atoms in total. The van der Waals surface area contributed by atoms with Crippen molar-refractivity contribution in [2.75, 3.05) is 5.32 Å². The Balaban J connectivity index is 1.55. The number of nitrogens with one attached hydrogen (secondary N) is 2. The quantitative estimate of drug-likeness (QED) is 0.437. The van der Waals surface area contributed by atoms with Crippen molar-refractivity contribution < 1.29 is 4.39 Å². The average Bonchev–Trinajstić information content (AvgIpc) is 3.07. The van der Waals surface area contributed by atoms with Crippen LogP contribution in [-0.4, -0.2) is 15.2 Å². The molecular weight excluding hydrogens is 407 g/mol. The van der Waals surface area contributed by atoms with Crippen molar-refractivity contribution in [1.29, 1.82) is 0 Å². The number of pyridine rings is 1. The molecule has 0 saturated heterocycles. The summed E-state index contributed by atoms with van der Waals surface area (Å²) in [4.78, 5) is 4.28. The van der Waals surface area contributed by atoms with Crippen LogP contribution in [0.1, 0.15) is 17.0 Å². The summed E-state index contributed by atoms with van der Waals surface area (Å²) < 4.78 is 14.2. The van der Waals surface area contributed by atoms with Gasteiger partial charge in [0.2, 0.25) is 0 Å². The number of H-pyrrole nitrogens is 1. The molecule has 0 amide bonds. The van der Waals surface area contributed by atoms with Crippen LogP contribution >= 0.6 is 15.9 Å². The molecule has 2 aromatic carbocycles. The van der Waals surface area contributed by atoms with Gasteiger partial charge in [0.1, 0.15) is 5.82 Å². The summed E-state index contributed by atoms with van der Waals surface area (Å²) in [6.07, 6.45) is 5.63. The van der Waals surface area contributed by atoms with Crippen LogP contribution < -0.4 is 5.32 Å². The zero-order valence-electron chi connectivity index (χ0n) is 14.3. The number of aromatic nitrogens is 3. The molecule has 0 aliphatic carbocycles. The molecule has 134 valence electrons. The number of benzene rings is 2. The molecular formula is C21H16BrFN4. The Hall–Kier alpha value is -2.99. The molecule has 4 aromatic rings. The maximum Gasteiger partial charge on any atom is 0.124 e. The van der Waals surface area contributed by atoms with Crippen LogP contribution in [0.3, 0.4) is 0 Å². The Morgan fingerprint density at radius 3 is 2.81 bits per heavy atom. The number of hydrogen-bond acceptors (Lipinski definition) is 3. The number of nitrogens with zero attached hydrogens (tertiary/aromatic N) is 2. The molecule has 4 rings (SSSR count). The molecule has 2 N–H and O–H groups in total. The van der Waals surface area contributed by atoms with E-state index in [-0.39, 0.29) is 5.82 Å². The lowest BCUT2D eigenvalue weighted by molar-refractivity contribution is 0.625. The molecule has 0 unspecified atom stereocenters. The van der Waals surface area contributed by atoms with Crippen molar-refractivity contribution >= 4 is 44.7 Å². The number of aromatic amines is 1. The van der Waals surface area contributed by atoms with Gasteiger partial charge in [0.25, 0.3) is 0 Å². The third-order valence-electron chi connectivity index (χ3n) is 4.11. The zero-order chi connectivity index (χ0) is 18.6. The Bertz CT molecular complexity index is 1090. The highest BCUT2D eigenvalue weighted by atomic mass is 79.9. The van der Waals surface area contributed by atoms with Gasteiger partial charge in [-0.1, -0.05) is 22.0 Å². The normalized spacial score (nSPS) is 11.3. The van der Waals surface area contributed by atoms with E-state index in [1.54, 1.807) is 6.20 Å². The minimum atomic E-state index is -0.256. The fourth-order valence-corrected chi connectivity index (χ4v) is 3.34. The van der Waals surface area contributed by atoms with Crippen LogP contribution in [0.15, 0.2) is 65.3 Å². The van der Waals surface area contributed by atoms with Crippen molar-refractivity contribution in [3.8, 4) is 0 Å². The molecule has 0 atom stereocenters. The van der Waals surface area contributed by atoms with Crippen LogP contribution in [0.25, 0.3) is 23.1 Å². The van der Waals surface area contributed by atoms with Gasteiger partial charge < -0.3 is 5.32 Å². The number of anilines is 1. The fraction of sp³-hybridized carbons (Fsp3) is 0.0476. The van der Waals surface area contributed by atoms with Gasteiger partial charge in [-0.2, -0.15) is 5.10 Å². The van der Waals surface area contributed by atoms with Crippen molar-refractivity contribution in [1.82, 2.24) is 15.2 Å². The van der Waals surface area contributed by atoms with E-state index < -0.39 is 0 Å². The summed E-state index contributed by atoms with van der Waals surface area (Å²) in [5, 5.41) is 11.7. The summed E-state index contributed by atoms with van der Waals surface area (Å²) in [5.41, 5.74) is 4.48. The van der Waals surface area contributed by atoms with Crippen LogP contribution in [0.4, 0.5) is 10.1 Å². The highest BCUT2D eigenvalue weighted by Crippen LogP contribution is 2.23. The minimum absolute atomic E-state index is 0.256.